The van der Waals surface area contributed by atoms with Gasteiger partial charge in [-0.3, -0.25) is 0 Å². The van der Waals surface area contributed by atoms with Gasteiger partial charge in [0.2, 0.25) is 0 Å². The monoisotopic (exact) mass is 266 g/mol. The van der Waals surface area contributed by atoms with E-state index in [9.17, 15) is 22.8 Å². The molecule has 0 fully saturated rings. The Morgan fingerprint density at radius 3 is 1.61 bits per heavy atom. The van der Waals surface area contributed by atoms with Gasteiger partial charge >= 0.3 is 23.9 Å². The van der Waals surface area contributed by atoms with Gasteiger partial charge in [0, 0.05) is 18.1 Å². The normalized spacial score (nSPS) is 14.3. The smallest absolute Gasteiger partial charge is 0.415 e. The van der Waals surface area contributed by atoms with Crippen LogP contribution in [-0.4, -0.2) is 23.9 Å². The van der Waals surface area contributed by atoms with Crippen LogP contribution in [0.15, 0.2) is 24.3 Å². The minimum atomic E-state index is -4.64. The second kappa shape index (κ2) is 5.24. The van der Waals surface area contributed by atoms with Crippen molar-refractivity contribution in [1.82, 2.24) is 0 Å². The molecule has 1 atom stereocenters. The third kappa shape index (κ3) is 3.90. The minimum absolute atomic E-state index is 0.263. The van der Waals surface area contributed by atoms with Crippen LogP contribution in [0.3, 0.4) is 0 Å². The van der Waals surface area contributed by atoms with Gasteiger partial charge in [0.25, 0.3) is 0 Å². The van der Waals surface area contributed by atoms with Crippen LogP contribution in [0.4, 0.5) is 13.2 Å². The first-order chi connectivity index (χ1) is 7.90. The lowest BCUT2D eigenvalue weighted by Crippen LogP contribution is -2.48. The highest BCUT2D eigenvalue weighted by Gasteiger charge is 2.59. The Labute approximate surface area is 102 Å². The summed E-state index contributed by atoms with van der Waals surface area (Å²) >= 11 is 0. The second-order valence-electron chi connectivity index (χ2n) is 3.77. The highest BCUT2D eigenvalue weighted by molar-refractivity contribution is 5.88. The van der Waals surface area contributed by atoms with Gasteiger partial charge in [-0.2, -0.15) is 13.2 Å². The van der Waals surface area contributed by atoms with Crippen LogP contribution in [0.25, 0.3) is 0 Å². The van der Waals surface area contributed by atoms with Gasteiger partial charge in [-0.05, 0) is 13.8 Å². The Bertz CT molecular complexity index is 361. The van der Waals surface area contributed by atoms with Crippen LogP contribution in [0.1, 0.15) is 20.8 Å². The number of esters is 2. The van der Waals surface area contributed by atoms with Crippen molar-refractivity contribution in [2.45, 2.75) is 32.7 Å². The van der Waals surface area contributed by atoms with Gasteiger partial charge in [-0.1, -0.05) is 13.2 Å². The summed E-state index contributed by atoms with van der Waals surface area (Å²) < 4.78 is 47.6. The van der Waals surface area contributed by atoms with Crippen LogP contribution in [0, 0.1) is 0 Å². The maximum absolute atomic E-state index is 13.6. The maximum atomic E-state index is 13.6. The van der Waals surface area contributed by atoms with Crippen molar-refractivity contribution >= 4 is 11.9 Å². The van der Waals surface area contributed by atoms with Crippen molar-refractivity contribution in [3.05, 3.63) is 24.3 Å². The van der Waals surface area contributed by atoms with E-state index in [1.54, 1.807) is 0 Å². The van der Waals surface area contributed by atoms with Gasteiger partial charge in [-0.15, -0.1) is 0 Å². The van der Waals surface area contributed by atoms with Crippen LogP contribution < -0.4 is 0 Å². The number of halogens is 3. The Hall–Kier alpha value is -1.79. The molecule has 102 valence electrons. The van der Waals surface area contributed by atoms with Gasteiger partial charge in [-0.25, -0.2) is 9.59 Å². The summed E-state index contributed by atoms with van der Waals surface area (Å²) in [5, 5.41) is 0. The summed E-state index contributed by atoms with van der Waals surface area (Å²) in [4.78, 5) is 21.9. The summed E-state index contributed by atoms with van der Waals surface area (Å²) in [6.45, 7) is 8.68. The molecule has 0 heterocycles. The van der Waals surface area contributed by atoms with Crippen molar-refractivity contribution in [2.24, 2.45) is 0 Å². The Balaban J connectivity index is 4.96. The van der Waals surface area contributed by atoms with Crippen molar-refractivity contribution in [3.63, 3.8) is 0 Å². The molecule has 0 saturated heterocycles. The molecule has 0 radical (unpaired) electrons. The molecule has 0 rings (SSSR count). The molecule has 18 heavy (non-hydrogen) atoms. The second-order valence-corrected chi connectivity index (χ2v) is 3.77. The van der Waals surface area contributed by atoms with Crippen molar-refractivity contribution < 1.29 is 32.2 Å². The summed E-state index contributed by atoms with van der Waals surface area (Å²) in [5.74, 6) is -6.69. The summed E-state index contributed by atoms with van der Waals surface area (Å²) in [6, 6.07) is 0. The lowest BCUT2D eigenvalue weighted by molar-refractivity contribution is -0.349. The molecule has 0 amide bonds. The fourth-order valence-electron chi connectivity index (χ4n) is 0.615. The quantitative estimate of drug-likeness (QED) is 0.566. The number of hydrogen-bond acceptors (Lipinski definition) is 4. The zero-order valence-corrected chi connectivity index (χ0v) is 10.2. The number of hydrogen-bond donors (Lipinski definition) is 0. The molecule has 1 unspecified atom stereocenters. The lowest BCUT2D eigenvalue weighted by Gasteiger charge is -2.28. The zero-order chi connectivity index (χ0) is 14.7. The van der Waals surface area contributed by atoms with E-state index in [4.69, 9.17) is 0 Å². The van der Waals surface area contributed by atoms with Gasteiger partial charge < -0.3 is 9.47 Å². The van der Waals surface area contributed by atoms with E-state index < -0.39 is 23.9 Å². The molecule has 0 spiro atoms. The van der Waals surface area contributed by atoms with E-state index in [1.807, 2.05) is 0 Å². The SMILES string of the molecule is C=C(C)C(=O)OC(C)(F)C(F)(F)OC(=O)C(=C)C. The van der Waals surface area contributed by atoms with Crippen LogP contribution >= 0.6 is 0 Å². The molecule has 0 aliphatic rings. The molecule has 0 aliphatic heterocycles. The number of alkyl halides is 3. The van der Waals surface area contributed by atoms with E-state index >= 15 is 0 Å². The maximum Gasteiger partial charge on any atom is 0.473 e. The van der Waals surface area contributed by atoms with Crippen LogP contribution in [-0.2, 0) is 19.1 Å². The Morgan fingerprint density at radius 1 is 0.944 bits per heavy atom. The summed E-state index contributed by atoms with van der Waals surface area (Å²) in [7, 11) is 0. The standard InChI is InChI=1S/C11H13F3O4/c1-6(2)8(15)17-10(5,12)11(13,14)18-9(16)7(3)4/h1,3H2,2,4-5H3. The van der Waals surface area contributed by atoms with Crippen LogP contribution in [0.5, 0.6) is 0 Å². The van der Waals surface area contributed by atoms with E-state index in [-0.39, 0.29) is 18.1 Å². The Kier molecular flexibility index (Phi) is 4.72. The molecule has 0 bridgehead atoms. The van der Waals surface area contributed by atoms with E-state index in [2.05, 4.69) is 22.6 Å². The predicted octanol–water partition coefficient (Wildman–Crippen LogP) is 2.50. The van der Waals surface area contributed by atoms with Crippen molar-refractivity contribution in [3.8, 4) is 0 Å². The molecule has 0 aromatic heterocycles. The molecule has 0 aromatic carbocycles. The third-order valence-electron chi connectivity index (χ3n) is 1.72. The molecular weight excluding hydrogens is 253 g/mol. The predicted molar refractivity (Wildman–Crippen MR) is 56.3 cm³/mol. The van der Waals surface area contributed by atoms with E-state index in [1.165, 1.54) is 0 Å². The van der Waals surface area contributed by atoms with Gasteiger partial charge in [0.05, 0.1) is 0 Å². The van der Waals surface area contributed by atoms with E-state index in [0.29, 0.717) is 0 Å². The van der Waals surface area contributed by atoms with Crippen molar-refractivity contribution in [1.29, 1.82) is 0 Å². The molecule has 4 nitrogen and oxygen atoms in total. The highest BCUT2D eigenvalue weighted by Crippen LogP contribution is 2.35. The molecule has 0 saturated carbocycles. The average molecular weight is 266 g/mol. The van der Waals surface area contributed by atoms with Gasteiger partial charge in [0.1, 0.15) is 0 Å². The first-order valence-corrected chi connectivity index (χ1v) is 4.75. The number of carbonyl (C=O) groups is 2. The fourth-order valence-corrected chi connectivity index (χ4v) is 0.615. The topological polar surface area (TPSA) is 52.6 Å². The zero-order valence-electron chi connectivity index (χ0n) is 10.2. The fraction of sp³-hybridized carbons (Fsp3) is 0.455. The first-order valence-electron chi connectivity index (χ1n) is 4.75. The number of carbonyl (C=O) groups excluding carboxylic acids is 2. The first kappa shape index (κ1) is 16.2. The molecule has 7 heteroatoms. The summed E-state index contributed by atoms with van der Waals surface area (Å²) in [6.07, 6.45) is -4.64. The number of ether oxygens (including phenoxy) is 2. The minimum Gasteiger partial charge on any atom is -0.415 e. The van der Waals surface area contributed by atoms with Crippen LogP contribution in [0.2, 0.25) is 0 Å². The molecule has 0 N–H and O–H groups in total. The largest absolute Gasteiger partial charge is 0.473 e. The Morgan fingerprint density at radius 2 is 1.28 bits per heavy atom. The molecular formula is C11H13F3O4. The van der Waals surface area contributed by atoms with E-state index in [0.717, 1.165) is 13.8 Å². The molecule has 0 aliphatic carbocycles. The third-order valence-corrected chi connectivity index (χ3v) is 1.72. The van der Waals surface area contributed by atoms with Crippen molar-refractivity contribution in [2.75, 3.05) is 0 Å². The molecule has 0 aromatic rings. The highest BCUT2D eigenvalue weighted by atomic mass is 19.3. The van der Waals surface area contributed by atoms with Gasteiger partial charge in [0.15, 0.2) is 0 Å². The lowest BCUT2D eigenvalue weighted by atomic mass is 10.3. The number of rotatable bonds is 5. The summed E-state index contributed by atoms with van der Waals surface area (Å²) in [5.41, 5.74) is -0.627. The average Bonchev–Trinajstić information content (AvgIpc) is 2.15.